The first kappa shape index (κ1) is 15.5. The minimum absolute atomic E-state index is 0.00229. The number of aromatic nitrogens is 2. The van der Waals surface area contributed by atoms with Crippen molar-refractivity contribution in [1.82, 2.24) is 14.5 Å². The molecule has 0 saturated carbocycles. The van der Waals surface area contributed by atoms with Crippen LogP contribution in [0, 0.1) is 0 Å². The van der Waals surface area contributed by atoms with Gasteiger partial charge in [-0.1, -0.05) is 24.3 Å². The van der Waals surface area contributed by atoms with E-state index in [9.17, 15) is 14.7 Å². The third kappa shape index (κ3) is 2.69. The second-order valence-electron chi connectivity index (χ2n) is 6.36. The van der Waals surface area contributed by atoms with E-state index < -0.39 is 0 Å². The van der Waals surface area contributed by atoms with Crippen LogP contribution in [0.5, 0.6) is 5.75 Å². The van der Waals surface area contributed by atoms with Crippen LogP contribution in [0.3, 0.4) is 0 Å². The van der Waals surface area contributed by atoms with E-state index in [-0.39, 0.29) is 23.4 Å². The number of phenols is 1. The van der Waals surface area contributed by atoms with Gasteiger partial charge in [0.15, 0.2) is 0 Å². The number of imidazole rings is 1. The quantitative estimate of drug-likeness (QED) is 0.754. The number of fused-ring (bicyclic) bond motifs is 1. The summed E-state index contributed by atoms with van der Waals surface area (Å²) in [6.07, 6.45) is 1.42. The molecular weight excluding hydrogens is 318 g/mol. The predicted octanol–water partition coefficient (Wildman–Crippen LogP) is 2.51. The van der Waals surface area contributed by atoms with Crippen LogP contribution >= 0.6 is 0 Å². The molecule has 1 aliphatic heterocycles. The van der Waals surface area contributed by atoms with E-state index in [4.69, 9.17) is 0 Å². The number of piperidine rings is 1. The van der Waals surface area contributed by atoms with Crippen LogP contribution in [0.4, 0.5) is 0 Å². The van der Waals surface area contributed by atoms with Crippen LogP contribution in [0.15, 0.2) is 53.3 Å². The lowest BCUT2D eigenvalue weighted by molar-refractivity contribution is 0.0692. The number of carbonyl (C=O) groups is 1. The molecule has 1 fully saturated rings. The van der Waals surface area contributed by atoms with Crippen LogP contribution in [0.25, 0.3) is 11.0 Å². The lowest BCUT2D eigenvalue weighted by atomic mass is 10.0. The third-order valence-electron chi connectivity index (χ3n) is 4.88. The summed E-state index contributed by atoms with van der Waals surface area (Å²) >= 11 is 0. The third-order valence-corrected chi connectivity index (χ3v) is 4.88. The zero-order chi connectivity index (χ0) is 17.4. The molecule has 0 bridgehead atoms. The largest absolute Gasteiger partial charge is 0.507 e. The molecule has 2 heterocycles. The van der Waals surface area contributed by atoms with Gasteiger partial charge in [0, 0.05) is 19.1 Å². The van der Waals surface area contributed by atoms with Crippen molar-refractivity contribution in [3.63, 3.8) is 0 Å². The Labute approximate surface area is 144 Å². The molecular formula is C19H19N3O3. The number of H-pyrrole nitrogens is 1. The number of hydrogen-bond donors (Lipinski definition) is 2. The molecule has 2 aromatic carbocycles. The maximum Gasteiger partial charge on any atom is 0.326 e. The summed E-state index contributed by atoms with van der Waals surface area (Å²) in [5, 5.41) is 9.87. The number of carbonyl (C=O) groups excluding carboxylic acids is 1. The van der Waals surface area contributed by atoms with Crippen LogP contribution < -0.4 is 5.69 Å². The SMILES string of the molecule is O=C(c1ccccc1O)N1CCC(n2c(=O)[nH]c3ccccc32)CC1. The summed E-state index contributed by atoms with van der Waals surface area (Å²) in [5.41, 5.74) is 1.95. The number of benzene rings is 2. The summed E-state index contributed by atoms with van der Waals surface area (Å²) in [7, 11) is 0. The van der Waals surface area contributed by atoms with Gasteiger partial charge in [0.05, 0.1) is 16.6 Å². The lowest BCUT2D eigenvalue weighted by Crippen LogP contribution is -2.40. The van der Waals surface area contributed by atoms with Gasteiger partial charge < -0.3 is 15.0 Å². The van der Waals surface area contributed by atoms with E-state index in [0.717, 1.165) is 11.0 Å². The molecule has 0 aliphatic carbocycles. The van der Waals surface area contributed by atoms with E-state index in [2.05, 4.69) is 4.98 Å². The average Bonchev–Trinajstić information content (AvgIpc) is 2.97. The molecule has 4 rings (SSSR count). The van der Waals surface area contributed by atoms with E-state index in [1.54, 1.807) is 27.7 Å². The van der Waals surface area contributed by atoms with E-state index >= 15 is 0 Å². The van der Waals surface area contributed by atoms with Crippen molar-refractivity contribution in [3.8, 4) is 5.75 Å². The number of hydrogen-bond acceptors (Lipinski definition) is 3. The molecule has 0 unspecified atom stereocenters. The Hall–Kier alpha value is -3.02. The van der Waals surface area contributed by atoms with Crippen LogP contribution in [0.2, 0.25) is 0 Å². The smallest absolute Gasteiger partial charge is 0.326 e. The molecule has 1 amide bonds. The van der Waals surface area contributed by atoms with Gasteiger partial charge in [0.1, 0.15) is 5.75 Å². The maximum atomic E-state index is 12.6. The molecule has 0 atom stereocenters. The van der Waals surface area contributed by atoms with Gasteiger partial charge in [-0.3, -0.25) is 9.36 Å². The van der Waals surface area contributed by atoms with Crippen molar-refractivity contribution < 1.29 is 9.90 Å². The van der Waals surface area contributed by atoms with Gasteiger partial charge in [-0.15, -0.1) is 0 Å². The Morgan fingerprint density at radius 1 is 1.04 bits per heavy atom. The first-order chi connectivity index (χ1) is 12.1. The van der Waals surface area contributed by atoms with E-state index in [0.29, 0.717) is 31.5 Å². The Balaban J connectivity index is 1.54. The zero-order valence-corrected chi connectivity index (χ0v) is 13.7. The molecule has 128 valence electrons. The van der Waals surface area contributed by atoms with Crippen molar-refractivity contribution in [2.45, 2.75) is 18.9 Å². The molecule has 6 nitrogen and oxygen atoms in total. The van der Waals surface area contributed by atoms with Crippen LogP contribution in [-0.4, -0.2) is 38.6 Å². The van der Waals surface area contributed by atoms with Gasteiger partial charge in [0.25, 0.3) is 5.91 Å². The van der Waals surface area contributed by atoms with Gasteiger partial charge in [-0.25, -0.2) is 4.79 Å². The van der Waals surface area contributed by atoms with Crippen molar-refractivity contribution in [2.75, 3.05) is 13.1 Å². The van der Waals surface area contributed by atoms with Crippen molar-refractivity contribution in [2.24, 2.45) is 0 Å². The molecule has 25 heavy (non-hydrogen) atoms. The monoisotopic (exact) mass is 337 g/mol. The number of phenolic OH excluding ortho intramolecular Hbond substituents is 1. The molecule has 0 radical (unpaired) electrons. The number of likely N-dealkylation sites (tertiary alicyclic amines) is 1. The minimum Gasteiger partial charge on any atom is -0.507 e. The summed E-state index contributed by atoms with van der Waals surface area (Å²) in [4.78, 5) is 29.5. The zero-order valence-electron chi connectivity index (χ0n) is 13.7. The second kappa shape index (κ2) is 6.12. The van der Waals surface area contributed by atoms with Crippen molar-refractivity contribution in [3.05, 3.63) is 64.6 Å². The van der Waals surface area contributed by atoms with E-state index in [1.807, 2.05) is 24.3 Å². The van der Waals surface area contributed by atoms with Gasteiger partial charge >= 0.3 is 5.69 Å². The number of para-hydroxylation sites is 3. The minimum atomic E-state index is -0.164. The number of aromatic amines is 1. The average molecular weight is 337 g/mol. The molecule has 1 aromatic heterocycles. The first-order valence-electron chi connectivity index (χ1n) is 8.41. The van der Waals surface area contributed by atoms with Gasteiger partial charge in [0.2, 0.25) is 0 Å². The number of amides is 1. The fraction of sp³-hybridized carbons (Fsp3) is 0.263. The maximum absolute atomic E-state index is 12.6. The number of nitrogens with one attached hydrogen (secondary N) is 1. The summed E-state index contributed by atoms with van der Waals surface area (Å²) in [6, 6.07) is 14.3. The summed E-state index contributed by atoms with van der Waals surface area (Å²) in [5.74, 6) is -0.162. The Bertz CT molecular complexity index is 981. The van der Waals surface area contributed by atoms with Crippen molar-refractivity contribution >= 4 is 16.9 Å². The van der Waals surface area contributed by atoms with E-state index in [1.165, 1.54) is 6.07 Å². The van der Waals surface area contributed by atoms with Gasteiger partial charge in [-0.05, 0) is 37.1 Å². The highest BCUT2D eigenvalue weighted by Gasteiger charge is 2.27. The van der Waals surface area contributed by atoms with Gasteiger partial charge in [-0.2, -0.15) is 0 Å². The topological polar surface area (TPSA) is 78.3 Å². The number of nitrogens with zero attached hydrogens (tertiary/aromatic N) is 2. The van der Waals surface area contributed by atoms with Crippen molar-refractivity contribution in [1.29, 1.82) is 0 Å². The Morgan fingerprint density at radius 2 is 1.72 bits per heavy atom. The first-order valence-corrected chi connectivity index (χ1v) is 8.41. The highest BCUT2D eigenvalue weighted by Crippen LogP contribution is 2.27. The highest BCUT2D eigenvalue weighted by molar-refractivity contribution is 5.96. The molecule has 2 N–H and O–H groups in total. The molecule has 6 heteroatoms. The number of rotatable bonds is 2. The predicted molar refractivity (Wildman–Crippen MR) is 94.8 cm³/mol. The summed E-state index contributed by atoms with van der Waals surface area (Å²) < 4.78 is 1.80. The molecule has 0 spiro atoms. The molecule has 1 saturated heterocycles. The second-order valence-corrected chi connectivity index (χ2v) is 6.36. The highest BCUT2D eigenvalue weighted by atomic mass is 16.3. The Morgan fingerprint density at radius 3 is 2.48 bits per heavy atom. The van der Waals surface area contributed by atoms with Crippen LogP contribution in [0.1, 0.15) is 29.2 Å². The number of aromatic hydroxyl groups is 1. The normalized spacial score (nSPS) is 15.6. The lowest BCUT2D eigenvalue weighted by Gasteiger charge is -2.32. The molecule has 1 aliphatic rings. The molecule has 3 aromatic rings. The standard InChI is InChI=1S/C19H19N3O3/c23-17-8-4-1-5-14(17)18(24)21-11-9-13(10-12-21)22-16-7-3-2-6-15(16)20-19(22)25/h1-8,13,23H,9-12H2,(H,20,25). The summed E-state index contributed by atoms with van der Waals surface area (Å²) in [6.45, 7) is 1.12. The fourth-order valence-electron chi connectivity index (χ4n) is 3.59. The Kier molecular flexibility index (Phi) is 3.80. The van der Waals surface area contributed by atoms with Crippen LogP contribution in [-0.2, 0) is 0 Å². The fourth-order valence-corrected chi connectivity index (χ4v) is 3.59.